The lowest BCUT2D eigenvalue weighted by atomic mass is 10.2. The van der Waals surface area contributed by atoms with Gasteiger partial charge in [-0.15, -0.1) is 0 Å². The minimum Gasteiger partial charge on any atom is -0.497 e. The Morgan fingerprint density at radius 2 is 1.57 bits per heavy atom. The molecule has 210 valence electrons. The number of fused-ring (bicyclic) bond motifs is 1. The maximum atomic E-state index is 13.4. The molecule has 2 heterocycles. The molecule has 0 bridgehead atoms. The Kier molecular flexibility index (Phi) is 9.87. The number of hydrogen-bond acceptors (Lipinski definition) is 8. The number of ether oxygens (including phenoxy) is 2. The highest BCUT2D eigenvalue weighted by atomic mass is 32.2. The topological polar surface area (TPSA) is 127 Å². The number of amides is 1. The number of nitrogens with one attached hydrogen (secondary N) is 4. The van der Waals surface area contributed by atoms with Crippen LogP contribution in [-0.2, 0) is 15.8 Å². The molecular weight excluding hydrogens is 528 g/mol. The van der Waals surface area contributed by atoms with Crippen molar-refractivity contribution < 1.29 is 18.5 Å². The van der Waals surface area contributed by atoms with Crippen molar-refractivity contribution in [1.29, 1.82) is 0 Å². The van der Waals surface area contributed by atoms with Gasteiger partial charge in [-0.2, -0.15) is 0 Å². The van der Waals surface area contributed by atoms with E-state index in [0.717, 1.165) is 19.4 Å². The molecule has 40 heavy (non-hydrogen) atoms. The van der Waals surface area contributed by atoms with E-state index < -0.39 is 11.0 Å². The quantitative estimate of drug-likeness (QED) is 0.218. The number of aromatic nitrogens is 2. The van der Waals surface area contributed by atoms with Crippen LogP contribution in [0.5, 0.6) is 11.5 Å². The standard InChI is InChI=1S/C27H28N6O4S.C2H6/c1-36-19-13-18(14-20(16-19)37-2)29-25-26(32-23-10-4-3-9-22(23)31-25)33-38(35)21-8-5-7-17(15-21)30-27(34)24-11-6-12-28-24;1-2/h3-5,7-10,13-16,24,28H,6,11-12H2,1-2H3,(H,29,31)(H,30,34)(H,32,33);1-2H3. The van der Waals surface area contributed by atoms with Crippen molar-refractivity contribution in [2.45, 2.75) is 37.6 Å². The van der Waals surface area contributed by atoms with Gasteiger partial charge in [0.05, 0.1) is 36.2 Å². The van der Waals surface area contributed by atoms with Gasteiger partial charge in [0.25, 0.3) is 0 Å². The lowest BCUT2D eigenvalue weighted by Crippen LogP contribution is -2.35. The van der Waals surface area contributed by atoms with Crippen LogP contribution < -0.4 is 30.1 Å². The molecule has 1 aromatic heterocycles. The fraction of sp³-hybridized carbons (Fsp3) is 0.276. The van der Waals surface area contributed by atoms with Gasteiger partial charge in [0.1, 0.15) is 11.5 Å². The molecule has 2 atom stereocenters. The fourth-order valence-corrected chi connectivity index (χ4v) is 5.02. The summed E-state index contributed by atoms with van der Waals surface area (Å²) in [5.41, 5.74) is 2.55. The lowest BCUT2D eigenvalue weighted by molar-refractivity contribution is -0.117. The normalized spacial score (nSPS) is 14.9. The van der Waals surface area contributed by atoms with Gasteiger partial charge >= 0.3 is 0 Å². The van der Waals surface area contributed by atoms with E-state index in [4.69, 9.17) is 14.5 Å². The number of nitrogens with zero attached hydrogens (tertiary/aromatic N) is 2. The fourth-order valence-electron chi connectivity index (χ4n) is 4.15. The second kappa shape index (κ2) is 13.7. The van der Waals surface area contributed by atoms with Crippen LogP contribution in [0, 0.1) is 0 Å². The van der Waals surface area contributed by atoms with Crippen LogP contribution >= 0.6 is 0 Å². The van der Waals surface area contributed by atoms with Crippen molar-refractivity contribution in [3.8, 4) is 11.5 Å². The monoisotopic (exact) mass is 562 g/mol. The Morgan fingerprint density at radius 3 is 2.20 bits per heavy atom. The summed E-state index contributed by atoms with van der Waals surface area (Å²) in [4.78, 5) is 22.4. The third-order valence-electron chi connectivity index (χ3n) is 6.07. The summed E-state index contributed by atoms with van der Waals surface area (Å²) in [6.07, 6.45) is 1.77. The molecule has 1 fully saturated rings. The lowest BCUT2D eigenvalue weighted by Gasteiger charge is -2.15. The molecule has 1 aliphatic heterocycles. The third kappa shape index (κ3) is 7.04. The molecule has 11 heteroatoms. The van der Waals surface area contributed by atoms with Crippen LogP contribution in [0.25, 0.3) is 11.0 Å². The minimum absolute atomic E-state index is 0.0982. The maximum Gasteiger partial charge on any atom is 0.241 e. The Hall–Kier alpha value is -4.22. The molecule has 3 aromatic carbocycles. The van der Waals surface area contributed by atoms with Crippen LogP contribution in [0.3, 0.4) is 0 Å². The van der Waals surface area contributed by atoms with Gasteiger partial charge in [-0.3, -0.25) is 9.52 Å². The van der Waals surface area contributed by atoms with Crippen molar-refractivity contribution in [2.24, 2.45) is 0 Å². The Bertz CT molecular complexity index is 1470. The summed E-state index contributed by atoms with van der Waals surface area (Å²) in [5, 5.41) is 9.33. The minimum atomic E-state index is -1.69. The summed E-state index contributed by atoms with van der Waals surface area (Å²) < 4.78 is 27.1. The smallest absolute Gasteiger partial charge is 0.241 e. The van der Waals surface area contributed by atoms with Gasteiger partial charge in [0.15, 0.2) is 22.6 Å². The molecule has 1 aliphatic rings. The average Bonchev–Trinajstić information content (AvgIpc) is 3.54. The Balaban J connectivity index is 0.00000181. The van der Waals surface area contributed by atoms with E-state index in [-0.39, 0.29) is 11.9 Å². The van der Waals surface area contributed by atoms with E-state index in [1.807, 2.05) is 38.1 Å². The zero-order valence-electron chi connectivity index (χ0n) is 23.0. The largest absolute Gasteiger partial charge is 0.497 e. The molecule has 2 unspecified atom stereocenters. The summed E-state index contributed by atoms with van der Waals surface area (Å²) in [5.74, 6) is 1.78. The molecule has 0 saturated carbocycles. The average molecular weight is 563 g/mol. The number of rotatable bonds is 9. The second-order valence-corrected chi connectivity index (χ2v) is 9.89. The first-order valence-corrected chi connectivity index (χ1v) is 14.3. The summed E-state index contributed by atoms with van der Waals surface area (Å²) in [6.45, 7) is 4.83. The van der Waals surface area contributed by atoms with Crippen LogP contribution in [0.1, 0.15) is 26.7 Å². The maximum absolute atomic E-state index is 13.4. The Morgan fingerprint density at radius 1 is 0.900 bits per heavy atom. The van der Waals surface area contributed by atoms with Crippen LogP contribution in [0.15, 0.2) is 71.6 Å². The molecule has 0 spiro atoms. The highest BCUT2D eigenvalue weighted by molar-refractivity contribution is 7.86. The van der Waals surface area contributed by atoms with Crippen molar-refractivity contribution in [1.82, 2.24) is 15.3 Å². The first-order chi connectivity index (χ1) is 19.5. The Labute approximate surface area is 236 Å². The first-order valence-electron chi connectivity index (χ1n) is 13.1. The molecule has 0 radical (unpaired) electrons. The van der Waals surface area contributed by atoms with Gasteiger partial charge in [-0.1, -0.05) is 32.0 Å². The van der Waals surface area contributed by atoms with E-state index in [1.54, 1.807) is 56.7 Å². The van der Waals surface area contributed by atoms with E-state index in [9.17, 15) is 9.00 Å². The number of methoxy groups -OCH3 is 2. The van der Waals surface area contributed by atoms with Crippen LogP contribution in [0.2, 0.25) is 0 Å². The van der Waals surface area contributed by atoms with Gasteiger partial charge < -0.3 is 25.4 Å². The van der Waals surface area contributed by atoms with E-state index >= 15 is 0 Å². The van der Waals surface area contributed by atoms with E-state index in [2.05, 4.69) is 25.7 Å². The van der Waals surface area contributed by atoms with Crippen LogP contribution in [0.4, 0.5) is 23.0 Å². The SMILES string of the molecule is CC.COc1cc(Nc2nc3ccccc3nc2NS(=O)c2cccc(NC(=O)C3CCCN3)c2)cc(OC)c1. The zero-order valence-corrected chi connectivity index (χ0v) is 23.8. The number of carbonyl (C=O) groups excluding carboxylic acids is 1. The van der Waals surface area contributed by atoms with Crippen molar-refractivity contribution in [3.05, 3.63) is 66.7 Å². The van der Waals surface area contributed by atoms with Crippen molar-refractivity contribution >= 4 is 50.9 Å². The number of hydrogen-bond donors (Lipinski definition) is 4. The summed E-state index contributed by atoms with van der Waals surface area (Å²) >= 11 is 0. The highest BCUT2D eigenvalue weighted by Gasteiger charge is 2.22. The first kappa shape index (κ1) is 28.8. The van der Waals surface area contributed by atoms with E-state index in [0.29, 0.717) is 50.4 Å². The number of carbonyl (C=O) groups is 1. The summed E-state index contributed by atoms with van der Waals surface area (Å²) in [6, 6.07) is 19.5. The predicted molar refractivity (Wildman–Crippen MR) is 160 cm³/mol. The molecule has 10 nitrogen and oxygen atoms in total. The van der Waals surface area contributed by atoms with Gasteiger partial charge in [0.2, 0.25) is 5.91 Å². The van der Waals surface area contributed by atoms with Gasteiger partial charge in [-0.25, -0.2) is 14.2 Å². The van der Waals surface area contributed by atoms with Gasteiger partial charge in [0, 0.05) is 29.6 Å². The molecule has 1 amide bonds. The van der Waals surface area contributed by atoms with Crippen molar-refractivity contribution in [3.63, 3.8) is 0 Å². The highest BCUT2D eigenvalue weighted by Crippen LogP contribution is 2.31. The number of para-hydroxylation sites is 2. The zero-order chi connectivity index (χ0) is 28.5. The molecule has 0 aliphatic carbocycles. The second-order valence-electron chi connectivity index (χ2n) is 8.67. The molecule has 4 aromatic rings. The summed E-state index contributed by atoms with van der Waals surface area (Å²) in [7, 11) is 1.46. The predicted octanol–water partition coefficient (Wildman–Crippen LogP) is 5.24. The van der Waals surface area contributed by atoms with Gasteiger partial charge in [-0.05, 0) is 49.7 Å². The van der Waals surface area contributed by atoms with Crippen LogP contribution in [-0.4, -0.2) is 46.9 Å². The number of anilines is 4. The molecule has 4 N–H and O–H groups in total. The number of benzene rings is 3. The molecular formula is C29H34N6O4S. The van der Waals surface area contributed by atoms with Crippen molar-refractivity contribution in [2.75, 3.05) is 36.1 Å². The molecule has 1 saturated heterocycles. The van der Waals surface area contributed by atoms with E-state index in [1.165, 1.54) is 0 Å². The molecule has 5 rings (SSSR count). The third-order valence-corrected chi connectivity index (χ3v) is 7.13.